The van der Waals surface area contributed by atoms with E-state index in [9.17, 15) is 4.79 Å². The first-order chi connectivity index (χ1) is 12.5. The number of hydrogen-bond donors (Lipinski definition) is 1. The fourth-order valence-corrected chi connectivity index (χ4v) is 3.71. The first kappa shape index (κ1) is 16.6. The highest BCUT2D eigenvalue weighted by atomic mass is 16.2. The number of carbonyl (C=O) groups is 1. The molecule has 7 nitrogen and oxygen atoms in total. The van der Waals surface area contributed by atoms with Crippen LogP contribution in [0.3, 0.4) is 0 Å². The molecule has 1 aliphatic heterocycles. The molecule has 0 bridgehead atoms. The smallest absolute Gasteiger partial charge is 0.276 e. The number of anilines is 2. The van der Waals surface area contributed by atoms with E-state index in [0.717, 1.165) is 36.2 Å². The molecular formula is C19H24N6O. The summed E-state index contributed by atoms with van der Waals surface area (Å²) in [6.07, 6.45) is 1.00. The number of hydrogen-bond acceptors (Lipinski definition) is 4. The first-order valence-corrected chi connectivity index (χ1v) is 9.05. The molecule has 1 aromatic carbocycles. The van der Waals surface area contributed by atoms with Crippen LogP contribution >= 0.6 is 0 Å². The fraction of sp³-hybridized carbons (Fsp3) is 0.421. The van der Waals surface area contributed by atoms with E-state index in [1.807, 2.05) is 19.9 Å². The Labute approximate surface area is 152 Å². The summed E-state index contributed by atoms with van der Waals surface area (Å²) in [7, 11) is 2.11. The molecule has 0 atom stereocenters. The number of amides is 1. The zero-order chi connectivity index (χ0) is 18.4. The Morgan fingerprint density at radius 2 is 2.04 bits per heavy atom. The van der Waals surface area contributed by atoms with E-state index in [1.54, 1.807) is 4.68 Å². The van der Waals surface area contributed by atoms with Gasteiger partial charge in [-0.15, -0.1) is 0 Å². The lowest BCUT2D eigenvalue weighted by atomic mass is 10.2. The van der Waals surface area contributed by atoms with Crippen LogP contribution in [0, 0.1) is 13.8 Å². The number of rotatable bonds is 3. The van der Waals surface area contributed by atoms with E-state index in [4.69, 9.17) is 4.98 Å². The van der Waals surface area contributed by atoms with Gasteiger partial charge in [-0.1, -0.05) is 0 Å². The van der Waals surface area contributed by atoms with Crippen molar-refractivity contribution < 1.29 is 4.79 Å². The average molecular weight is 352 g/mol. The molecule has 1 N–H and O–H groups in total. The highest BCUT2D eigenvalue weighted by Gasteiger charge is 2.22. The second kappa shape index (κ2) is 6.16. The van der Waals surface area contributed by atoms with Crippen LogP contribution in [0.15, 0.2) is 18.2 Å². The Morgan fingerprint density at radius 3 is 2.81 bits per heavy atom. The minimum absolute atomic E-state index is 0.171. The summed E-state index contributed by atoms with van der Waals surface area (Å²) in [5.41, 5.74) is 5.74. The van der Waals surface area contributed by atoms with Gasteiger partial charge in [0, 0.05) is 26.7 Å². The first-order valence-electron chi connectivity index (χ1n) is 9.05. The van der Waals surface area contributed by atoms with Crippen LogP contribution in [-0.2, 0) is 13.1 Å². The van der Waals surface area contributed by atoms with Crippen molar-refractivity contribution in [1.82, 2.24) is 19.3 Å². The maximum absolute atomic E-state index is 12.8. The average Bonchev–Trinajstić information content (AvgIpc) is 3.08. The summed E-state index contributed by atoms with van der Waals surface area (Å²) in [6, 6.07) is 6.07. The predicted molar refractivity (Wildman–Crippen MR) is 103 cm³/mol. The van der Waals surface area contributed by atoms with Gasteiger partial charge in [-0.25, -0.2) is 4.98 Å². The van der Waals surface area contributed by atoms with Gasteiger partial charge < -0.3 is 9.47 Å². The second-order valence-corrected chi connectivity index (χ2v) is 6.95. The molecule has 0 unspecified atom stereocenters. The summed E-state index contributed by atoms with van der Waals surface area (Å²) in [5, 5.41) is 7.37. The highest BCUT2D eigenvalue weighted by Crippen LogP contribution is 2.33. The van der Waals surface area contributed by atoms with Crippen molar-refractivity contribution in [1.29, 1.82) is 0 Å². The van der Waals surface area contributed by atoms with Crippen LogP contribution in [0.4, 0.5) is 11.6 Å². The van der Waals surface area contributed by atoms with Gasteiger partial charge in [0.25, 0.3) is 5.91 Å². The minimum atomic E-state index is -0.171. The van der Waals surface area contributed by atoms with Gasteiger partial charge in [-0.05, 0) is 51.0 Å². The van der Waals surface area contributed by atoms with Crippen LogP contribution in [0.2, 0.25) is 0 Å². The van der Waals surface area contributed by atoms with E-state index in [1.165, 1.54) is 11.3 Å². The van der Waals surface area contributed by atoms with Gasteiger partial charge in [-0.2, -0.15) is 5.10 Å². The standard InChI is InChI=1S/C19H24N6O/c1-5-25-16(11-13(3)22-25)18(26)21-19-20-14-9-12(2)10-15-17(14)24(19)8-6-7-23(15)4/h9-11H,5-8H2,1-4H3,(H,20,21,26). The van der Waals surface area contributed by atoms with Gasteiger partial charge in [0.1, 0.15) is 5.69 Å². The van der Waals surface area contributed by atoms with E-state index >= 15 is 0 Å². The lowest BCUT2D eigenvalue weighted by Crippen LogP contribution is -2.20. The SMILES string of the molecule is CCn1nc(C)cc1C(=O)Nc1nc2cc(C)cc3c2n1CCCN3C. The molecule has 136 valence electrons. The van der Waals surface area contributed by atoms with Crippen molar-refractivity contribution >= 4 is 28.6 Å². The molecule has 4 rings (SSSR count). The molecule has 0 aliphatic carbocycles. The minimum Gasteiger partial charge on any atom is -0.373 e. The molecule has 26 heavy (non-hydrogen) atoms. The van der Waals surface area contributed by atoms with Gasteiger partial charge in [-0.3, -0.25) is 14.8 Å². The molecule has 2 aromatic heterocycles. The van der Waals surface area contributed by atoms with E-state index in [2.05, 4.69) is 46.0 Å². The number of imidazole rings is 1. The molecule has 0 spiro atoms. The quantitative estimate of drug-likeness (QED) is 0.787. The molecule has 0 radical (unpaired) electrons. The summed E-state index contributed by atoms with van der Waals surface area (Å²) >= 11 is 0. The van der Waals surface area contributed by atoms with Crippen LogP contribution in [0.5, 0.6) is 0 Å². The van der Waals surface area contributed by atoms with E-state index < -0.39 is 0 Å². The Bertz CT molecular complexity index is 999. The second-order valence-electron chi connectivity index (χ2n) is 6.95. The number of nitrogens with zero attached hydrogens (tertiary/aromatic N) is 5. The van der Waals surface area contributed by atoms with Crippen LogP contribution in [0.25, 0.3) is 11.0 Å². The zero-order valence-corrected chi connectivity index (χ0v) is 15.7. The predicted octanol–water partition coefficient (Wildman–Crippen LogP) is 2.96. The Balaban J connectivity index is 1.78. The molecule has 3 aromatic rings. The molecule has 0 saturated heterocycles. The van der Waals surface area contributed by atoms with Crippen molar-refractivity contribution in [2.24, 2.45) is 0 Å². The molecule has 0 saturated carbocycles. The summed E-state index contributed by atoms with van der Waals surface area (Å²) in [5.74, 6) is 0.434. The van der Waals surface area contributed by atoms with Crippen LogP contribution < -0.4 is 10.2 Å². The Hall–Kier alpha value is -2.83. The van der Waals surface area contributed by atoms with Gasteiger partial charge >= 0.3 is 0 Å². The third kappa shape index (κ3) is 2.64. The molecule has 3 heterocycles. The normalized spacial score (nSPS) is 13.9. The van der Waals surface area contributed by atoms with E-state index in [0.29, 0.717) is 18.2 Å². The Morgan fingerprint density at radius 1 is 1.23 bits per heavy atom. The van der Waals surface area contributed by atoms with Crippen molar-refractivity contribution in [2.45, 2.75) is 40.3 Å². The molecule has 1 amide bonds. The summed E-state index contributed by atoms with van der Waals surface area (Å²) in [6.45, 7) is 8.42. The molecule has 1 aliphatic rings. The van der Waals surface area contributed by atoms with Gasteiger partial charge in [0.05, 0.1) is 22.4 Å². The number of aromatic nitrogens is 4. The molecular weight excluding hydrogens is 328 g/mol. The van der Waals surface area contributed by atoms with Crippen molar-refractivity contribution in [3.8, 4) is 0 Å². The molecule has 7 heteroatoms. The largest absolute Gasteiger partial charge is 0.373 e. The maximum Gasteiger partial charge on any atom is 0.276 e. The Kier molecular flexibility index (Phi) is 3.94. The number of benzene rings is 1. The number of carbonyl (C=O) groups excluding carboxylic acids is 1. The third-order valence-corrected chi connectivity index (χ3v) is 4.91. The highest BCUT2D eigenvalue weighted by molar-refractivity contribution is 6.03. The van der Waals surface area contributed by atoms with Gasteiger partial charge in [0.2, 0.25) is 5.95 Å². The third-order valence-electron chi connectivity index (χ3n) is 4.91. The van der Waals surface area contributed by atoms with E-state index in [-0.39, 0.29) is 5.91 Å². The molecule has 0 fully saturated rings. The fourth-order valence-electron chi connectivity index (χ4n) is 3.71. The van der Waals surface area contributed by atoms with Crippen molar-refractivity contribution in [3.05, 3.63) is 35.2 Å². The summed E-state index contributed by atoms with van der Waals surface area (Å²) < 4.78 is 3.85. The number of aryl methyl sites for hydroxylation is 4. The van der Waals surface area contributed by atoms with Crippen molar-refractivity contribution in [2.75, 3.05) is 23.8 Å². The summed E-state index contributed by atoms with van der Waals surface area (Å²) in [4.78, 5) is 19.8. The monoisotopic (exact) mass is 352 g/mol. The topological polar surface area (TPSA) is 68.0 Å². The van der Waals surface area contributed by atoms with Crippen molar-refractivity contribution in [3.63, 3.8) is 0 Å². The van der Waals surface area contributed by atoms with Gasteiger partial charge in [0.15, 0.2) is 0 Å². The lowest BCUT2D eigenvalue weighted by Gasteiger charge is -2.17. The lowest BCUT2D eigenvalue weighted by molar-refractivity contribution is 0.101. The maximum atomic E-state index is 12.8. The van der Waals surface area contributed by atoms with Crippen LogP contribution in [0.1, 0.15) is 35.1 Å². The zero-order valence-electron chi connectivity index (χ0n) is 15.7. The van der Waals surface area contributed by atoms with Crippen LogP contribution in [-0.4, -0.2) is 38.8 Å². The number of nitrogens with one attached hydrogen (secondary N) is 1.